The van der Waals surface area contributed by atoms with Crippen LogP contribution in [-0.4, -0.2) is 80.6 Å². The average Bonchev–Trinajstić information content (AvgIpc) is 2.76. The van der Waals surface area contributed by atoms with Crippen LogP contribution in [0.25, 0.3) is 0 Å². The van der Waals surface area contributed by atoms with Crippen LogP contribution in [0, 0.1) is 5.92 Å². The molecular weight excluding hydrogens is 392 g/mol. The number of hydrogen-bond acceptors (Lipinski definition) is 5. The molecule has 0 saturated carbocycles. The molecule has 0 aromatic heterocycles. The summed E-state index contributed by atoms with van der Waals surface area (Å²) in [5.74, 6) is 0.830. The minimum absolute atomic E-state index is 0. The number of benzene rings is 1. The van der Waals surface area contributed by atoms with Crippen molar-refractivity contribution in [3.05, 3.63) is 30.3 Å². The number of ether oxygens (including phenoxy) is 1. The van der Waals surface area contributed by atoms with Crippen LogP contribution in [-0.2, 0) is 9.59 Å². The van der Waals surface area contributed by atoms with Crippen LogP contribution < -0.4 is 15.4 Å². The van der Waals surface area contributed by atoms with Gasteiger partial charge in [-0.25, -0.2) is 0 Å². The first-order valence-electron chi connectivity index (χ1n) is 10.4. The number of piperazine rings is 1. The molecule has 2 N–H and O–H groups in total. The van der Waals surface area contributed by atoms with Crippen LogP contribution in [0.3, 0.4) is 0 Å². The fourth-order valence-corrected chi connectivity index (χ4v) is 3.74. The molecule has 0 radical (unpaired) electrons. The molecule has 8 heteroatoms. The lowest BCUT2D eigenvalue weighted by Crippen LogP contribution is -2.45. The van der Waals surface area contributed by atoms with Gasteiger partial charge in [-0.15, -0.1) is 12.4 Å². The third kappa shape index (κ3) is 7.84. The third-order valence-corrected chi connectivity index (χ3v) is 5.48. The molecule has 2 aliphatic rings. The molecule has 0 bridgehead atoms. The molecule has 0 aliphatic carbocycles. The summed E-state index contributed by atoms with van der Waals surface area (Å²) in [6, 6.07) is 9.36. The lowest BCUT2D eigenvalue weighted by molar-refractivity contribution is -0.137. The molecule has 2 aliphatic heterocycles. The van der Waals surface area contributed by atoms with Gasteiger partial charge in [0.1, 0.15) is 5.75 Å². The molecule has 7 nitrogen and oxygen atoms in total. The zero-order valence-electron chi connectivity index (χ0n) is 17.0. The van der Waals surface area contributed by atoms with Gasteiger partial charge in [0.05, 0.1) is 0 Å². The molecule has 29 heavy (non-hydrogen) atoms. The molecule has 1 aromatic carbocycles. The second-order valence-corrected chi connectivity index (χ2v) is 7.49. The fraction of sp³-hybridized carbons (Fsp3) is 0.619. The number of rotatable bonds is 8. The first-order chi connectivity index (χ1) is 13.7. The molecule has 2 heterocycles. The Morgan fingerprint density at radius 1 is 1.07 bits per heavy atom. The normalized spacial score (nSPS) is 18.0. The maximum atomic E-state index is 12.4. The summed E-state index contributed by atoms with van der Waals surface area (Å²) in [5, 5.41) is 6.42. The van der Waals surface area contributed by atoms with E-state index in [1.807, 2.05) is 30.3 Å². The summed E-state index contributed by atoms with van der Waals surface area (Å²) in [6.07, 6.45) is 2.43. The Morgan fingerprint density at radius 3 is 2.45 bits per heavy atom. The smallest absolute Gasteiger partial charge is 0.260 e. The first-order valence-corrected chi connectivity index (χ1v) is 10.4. The van der Waals surface area contributed by atoms with Gasteiger partial charge in [-0.05, 0) is 37.9 Å². The van der Waals surface area contributed by atoms with E-state index in [4.69, 9.17) is 4.74 Å². The van der Waals surface area contributed by atoms with Crippen LogP contribution in [0.4, 0.5) is 0 Å². The van der Waals surface area contributed by atoms with Crippen molar-refractivity contribution in [1.82, 2.24) is 20.4 Å². The van der Waals surface area contributed by atoms with Crippen LogP contribution >= 0.6 is 12.4 Å². The monoisotopic (exact) mass is 424 g/mol. The average molecular weight is 425 g/mol. The number of hydrogen-bond donors (Lipinski definition) is 2. The Hall–Kier alpha value is -1.83. The van der Waals surface area contributed by atoms with Crippen molar-refractivity contribution in [2.24, 2.45) is 5.92 Å². The van der Waals surface area contributed by atoms with Crippen molar-refractivity contribution >= 4 is 24.2 Å². The Labute approximate surface area is 179 Å². The molecular formula is C21H33ClN4O3. The molecule has 2 fully saturated rings. The summed E-state index contributed by atoms with van der Waals surface area (Å²) < 4.78 is 5.53. The first kappa shape index (κ1) is 23.4. The number of nitrogens with one attached hydrogen (secondary N) is 2. The predicted molar refractivity (Wildman–Crippen MR) is 115 cm³/mol. The van der Waals surface area contributed by atoms with Crippen molar-refractivity contribution in [3.8, 4) is 5.75 Å². The number of carbonyl (C=O) groups excluding carboxylic acids is 2. The van der Waals surface area contributed by atoms with E-state index in [9.17, 15) is 9.59 Å². The number of nitrogens with zero attached hydrogens (tertiary/aromatic N) is 2. The van der Waals surface area contributed by atoms with Gasteiger partial charge < -0.3 is 25.2 Å². The quantitative estimate of drug-likeness (QED) is 0.612. The summed E-state index contributed by atoms with van der Waals surface area (Å²) in [4.78, 5) is 28.9. The van der Waals surface area contributed by atoms with Gasteiger partial charge in [0.15, 0.2) is 6.61 Å². The van der Waals surface area contributed by atoms with Gasteiger partial charge in [-0.2, -0.15) is 0 Å². The largest absolute Gasteiger partial charge is 0.484 e. The zero-order valence-corrected chi connectivity index (χ0v) is 17.8. The molecule has 1 aromatic rings. The Morgan fingerprint density at radius 2 is 1.76 bits per heavy atom. The Balaban J connectivity index is 0.00000300. The zero-order chi connectivity index (χ0) is 19.6. The van der Waals surface area contributed by atoms with Crippen molar-refractivity contribution in [2.75, 3.05) is 59.0 Å². The summed E-state index contributed by atoms with van der Waals surface area (Å²) >= 11 is 0. The topological polar surface area (TPSA) is 73.9 Å². The molecule has 2 amide bonds. The van der Waals surface area contributed by atoms with Crippen LogP contribution in [0.1, 0.15) is 19.3 Å². The number of halogens is 1. The predicted octanol–water partition coefficient (Wildman–Crippen LogP) is 1.14. The molecule has 0 unspecified atom stereocenters. The third-order valence-electron chi connectivity index (χ3n) is 5.48. The molecule has 2 saturated heterocycles. The van der Waals surface area contributed by atoms with Gasteiger partial charge in [-0.1, -0.05) is 18.2 Å². The van der Waals surface area contributed by atoms with Crippen molar-refractivity contribution in [1.29, 1.82) is 0 Å². The number of amides is 2. The van der Waals surface area contributed by atoms with E-state index in [1.54, 1.807) is 4.90 Å². The van der Waals surface area contributed by atoms with E-state index in [0.29, 0.717) is 18.8 Å². The second-order valence-electron chi connectivity index (χ2n) is 7.49. The number of para-hydroxylation sites is 1. The lowest BCUT2D eigenvalue weighted by Gasteiger charge is -2.31. The van der Waals surface area contributed by atoms with Gasteiger partial charge in [-0.3, -0.25) is 9.59 Å². The summed E-state index contributed by atoms with van der Waals surface area (Å²) in [6.45, 7) is 7.35. The minimum atomic E-state index is -0.0151. The van der Waals surface area contributed by atoms with Gasteiger partial charge in [0.25, 0.3) is 5.91 Å². The molecule has 0 atom stereocenters. The van der Waals surface area contributed by atoms with Crippen molar-refractivity contribution in [2.45, 2.75) is 19.3 Å². The number of likely N-dealkylation sites (tertiary alicyclic amines) is 1. The van der Waals surface area contributed by atoms with Crippen LogP contribution in [0.5, 0.6) is 5.75 Å². The van der Waals surface area contributed by atoms with Crippen LogP contribution in [0.2, 0.25) is 0 Å². The maximum Gasteiger partial charge on any atom is 0.260 e. The highest BCUT2D eigenvalue weighted by molar-refractivity contribution is 5.85. The highest BCUT2D eigenvalue weighted by atomic mass is 35.5. The number of piperidine rings is 1. The van der Waals surface area contributed by atoms with E-state index in [1.165, 1.54) is 0 Å². The highest BCUT2D eigenvalue weighted by Gasteiger charge is 2.27. The van der Waals surface area contributed by atoms with E-state index < -0.39 is 0 Å². The lowest BCUT2D eigenvalue weighted by atomic mass is 9.96. The number of carbonyl (C=O) groups is 2. The molecule has 0 spiro atoms. The summed E-state index contributed by atoms with van der Waals surface area (Å²) in [5.41, 5.74) is 0. The van der Waals surface area contributed by atoms with Crippen molar-refractivity contribution < 1.29 is 14.3 Å². The molecule has 162 valence electrons. The standard InChI is InChI=1S/C21H32N4O3.ClH/c26-20(17-28-19-5-2-1-3-6-19)25-13-7-18(8-14-25)21(27)23-9-4-12-24-15-10-22-11-16-24;/h1-3,5-6,18,22H,4,7-17H2,(H,23,27);1H. The maximum absolute atomic E-state index is 12.4. The van der Waals surface area contributed by atoms with Crippen LogP contribution in [0.15, 0.2) is 30.3 Å². The van der Waals surface area contributed by atoms with E-state index in [-0.39, 0.29) is 36.7 Å². The SMILES string of the molecule is Cl.O=C(NCCCN1CCNCC1)C1CCN(C(=O)COc2ccccc2)CC1. The molecule has 3 rings (SSSR count). The van der Waals surface area contributed by atoms with Gasteiger partial charge in [0, 0.05) is 51.7 Å². The minimum Gasteiger partial charge on any atom is -0.484 e. The van der Waals surface area contributed by atoms with Crippen molar-refractivity contribution in [3.63, 3.8) is 0 Å². The summed E-state index contributed by atoms with van der Waals surface area (Å²) in [7, 11) is 0. The van der Waals surface area contributed by atoms with E-state index in [0.717, 1.165) is 58.5 Å². The van der Waals surface area contributed by atoms with Gasteiger partial charge >= 0.3 is 0 Å². The van der Waals surface area contributed by atoms with E-state index >= 15 is 0 Å². The Kier molecular flexibility index (Phi) is 10.2. The second kappa shape index (κ2) is 12.7. The fourth-order valence-electron chi connectivity index (χ4n) is 3.74. The Bertz CT molecular complexity index is 618. The highest BCUT2D eigenvalue weighted by Crippen LogP contribution is 2.18. The van der Waals surface area contributed by atoms with Gasteiger partial charge in [0.2, 0.25) is 5.91 Å². The van der Waals surface area contributed by atoms with E-state index in [2.05, 4.69) is 15.5 Å².